The highest BCUT2D eigenvalue weighted by Crippen LogP contribution is 2.32. The molecule has 0 unspecified atom stereocenters. The maximum absolute atomic E-state index is 4.47. The van der Waals surface area contributed by atoms with Crippen LogP contribution in [-0.2, 0) is 6.42 Å². The van der Waals surface area contributed by atoms with Gasteiger partial charge in [-0.2, -0.15) is 0 Å². The van der Waals surface area contributed by atoms with E-state index in [4.69, 9.17) is 0 Å². The van der Waals surface area contributed by atoms with Crippen LogP contribution in [-0.4, -0.2) is 22.8 Å². The Morgan fingerprint density at radius 3 is 2.42 bits per heavy atom. The fourth-order valence-electron chi connectivity index (χ4n) is 2.91. The van der Waals surface area contributed by atoms with Crippen LogP contribution in [0.3, 0.4) is 0 Å². The molecule has 0 amide bonds. The summed E-state index contributed by atoms with van der Waals surface area (Å²) in [7, 11) is 0. The third-order valence-electron chi connectivity index (χ3n) is 4.29. The summed E-state index contributed by atoms with van der Waals surface area (Å²) in [6.07, 6.45) is 13.4. The zero-order valence-corrected chi connectivity index (χ0v) is 12.6. The van der Waals surface area contributed by atoms with Gasteiger partial charge in [0.05, 0.1) is 0 Å². The minimum atomic E-state index is 0.697. The number of aromatic nitrogens is 2. The molecule has 19 heavy (non-hydrogen) atoms. The van der Waals surface area contributed by atoms with Crippen LogP contribution in [0, 0.1) is 0 Å². The van der Waals surface area contributed by atoms with Crippen LogP contribution in [0.25, 0.3) is 0 Å². The third-order valence-corrected chi connectivity index (χ3v) is 5.43. The van der Waals surface area contributed by atoms with Gasteiger partial charge in [0.1, 0.15) is 10.0 Å². The lowest BCUT2D eigenvalue weighted by molar-refractivity contribution is 0.453. The fourth-order valence-corrected chi connectivity index (χ4v) is 3.92. The van der Waals surface area contributed by atoms with Crippen molar-refractivity contribution in [2.24, 2.45) is 0 Å². The standard InChI is InChI=1S/C15H25N3S/c1-2-4-6-12(7-5-3-1)15-18-17-14(19-15)10-11-16-13-8-9-13/h12-13,16H,1-11H2. The molecule has 3 rings (SSSR count). The van der Waals surface area contributed by atoms with Crippen molar-refractivity contribution in [2.45, 2.75) is 76.2 Å². The first-order valence-electron chi connectivity index (χ1n) is 7.97. The predicted molar refractivity (Wildman–Crippen MR) is 79.7 cm³/mol. The molecule has 1 heterocycles. The van der Waals surface area contributed by atoms with Crippen molar-refractivity contribution in [1.82, 2.24) is 15.5 Å². The van der Waals surface area contributed by atoms with Crippen LogP contribution < -0.4 is 5.32 Å². The van der Waals surface area contributed by atoms with Crippen molar-refractivity contribution < 1.29 is 0 Å². The minimum Gasteiger partial charge on any atom is -0.314 e. The summed E-state index contributed by atoms with van der Waals surface area (Å²) < 4.78 is 0. The zero-order valence-electron chi connectivity index (χ0n) is 11.7. The van der Waals surface area contributed by atoms with E-state index in [9.17, 15) is 0 Å². The Balaban J connectivity index is 1.49. The summed E-state index contributed by atoms with van der Waals surface area (Å²) in [5, 5.41) is 14.9. The molecular weight excluding hydrogens is 254 g/mol. The molecule has 0 radical (unpaired) electrons. The Labute approximate surface area is 120 Å². The third kappa shape index (κ3) is 4.25. The number of rotatable bonds is 5. The van der Waals surface area contributed by atoms with Gasteiger partial charge in [0, 0.05) is 24.9 Å². The summed E-state index contributed by atoms with van der Waals surface area (Å²) in [6.45, 7) is 1.07. The smallest absolute Gasteiger partial charge is 0.120 e. The molecular formula is C15H25N3S. The van der Waals surface area contributed by atoms with Crippen LogP contribution in [0.2, 0.25) is 0 Å². The van der Waals surface area contributed by atoms with Gasteiger partial charge in [0.25, 0.3) is 0 Å². The van der Waals surface area contributed by atoms with Gasteiger partial charge in [0.15, 0.2) is 0 Å². The van der Waals surface area contributed by atoms with Crippen LogP contribution in [0.5, 0.6) is 0 Å². The van der Waals surface area contributed by atoms with Crippen LogP contribution >= 0.6 is 11.3 Å². The Morgan fingerprint density at radius 2 is 1.68 bits per heavy atom. The van der Waals surface area contributed by atoms with Gasteiger partial charge in [-0.1, -0.05) is 32.1 Å². The summed E-state index contributed by atoms with van der Waals surface area (Å²) in [5.74, 6) is 0.697. The highest BCUT2D eigenvalue weighted by Gasteiger charge is 2.21. The Morgan fingerprint density at radius 1 is 0.947 bits per heavy atom. The van der Waals surface area contributed by atoms with Crippen molar-refractivity contribution in [3.63, 3.8) is 0 Å². The molecule has 2 fully saturated rings. The van der Waals surface area contributed by atoms with Crippen LogP contribution in [0.15, 0.2) is 0 Å². The molecule has 1 aromatic rings. The van der Waals surface area contributed by atoms with E-state index in [-0.39, 0.29) is 0 Å². The van der Waals surface area contributed by atoms with E-state index in [1.54, 1.807) is 0 Å². The molecule has 2 saturated carbocycles. The summed E-state index contributed by atoms with van der Waals surface area (Å²) in [4.78, 5) is 0. The Kier molecular flexibility index (Phi) is 4.83. The SMILES string of the molecule is C1CCCC(c2nnc(CCNC3CC3)s2)CCC1. The van der Waals surface area contributed by atoms with Crippen molar-refractivity contribution in [3.8, 4) is 0 Å². The van der Waals surface area contributed by atoms with E-state index in [1.807, 2.05) is 11.3 Å². The van der Waals surface area contributed by atoms with Gasteiger partial charge in [-0.25, -0.2) is 0 Å². The van der Waals surface area contributed by atoms with Crippen LogP contribution in [0.4, 0.5) is 0 Å². The molecule has 0 aromatic carbocycles. The number of hydrogen-bond donors (Lipinski definition) is 1. The van der Waals surface area contributed by atoms with E-state index >= 15 is 0 Å². The first kappa shape index (κ1) is 13.5. The Bertz CT molecular complexity index is 378. The summed E-state index contributed by atoms with van der Waals surface area (Å²) in [6, 6.07) is 0.804. The largest absolute Gasteiger partial charge is 0.314 e. The Hall–Kier alpha value is -0.480. The number of hydrogen-bond acceptors (Lipinski definition) is 4. The van der Waals surface area contributed by atoms with E-state index in [0.29, 0.717) is 5.92 Å². The quantitative estimate of drug-likeness (QED) is 0.894. The van der Waals surface area contributed by atoms with Crippen LogP contribution in [0.1, 0.15) is 73.7 Å². The molecule has 106 valence electrons. The van der Waals surface area contributed by atoms with Gasteiger partial charge in [0.2, 0.25) is 0 Å². The summed E-state index contributed by atoms with van der Waals surface area (Å²) in [5.41, 5.74) is 0. The first-order chi connectivity index (χ1) is 9.42. The van der Waals surface area contributed by atoms with E-state index in [1.165, 1.54) is 67.8 Å². The zero-order chi connectivity index (χ0) is 12.9. The normalized spacial score (nSPS) is 22.1. The van der Waals surface area contributed by atoms with Crippen molar-refractivity contribution in [1.29, 1.82) is 0 Å². The van der Waals surface area contributed by atoms with Gasteiger partial charge in [-0.05, 0) is 25.7 Å². The van der Waals surface area contributed by atoms with Gasteiger partial charge < -0.3 is 5.32 Å². The van der Waals surface area contributed by atoms with E-state index in [0.717, 1.165) is 19.0 Å². The lowest BCUT2D eigenvalue weighted by atomic mass is 9.92. The van der Waals surface area contributed by atoms with Gasteiger partial charge >= 0.3 is 0 Å². The first-order valence-corrected chi connectivity index (χ1v) is 8.79. The molecule has 3 nitrogen and oxygen atoms in total. The highest BCUT2D eigenvalue weighted by atomic mass is 32.1. The molecule has 0 atom stereocenters. The lowest BCUT2D eigenvalue weighted by Gasteiger charge is -2.16. The molecule has 1 N–H and O–H groups in total. The molecule has 2 aliphatic carbocycles. The van der Waals surface area contributed by atoms with Crippen molar-refractivity contribution in [2.75, 3.05) is 6.54 Å². The lowest BCUT2D eigenvalue weighted by Crippen LogP contribution is -2.19. The maximum atomic E-state index is 4.47. The predicted octanol–water partition coefficient (Wildman–Crippen LogP) is 3.66. The second kappa shape index (κ2) is 6.80. The topological polar surface area (TPSA) is 37.8 Å². The van der Waals surface area contributed by atoms with Gasteiger partial charge in [-0.3, -0.25) is 0 Å². The monoisotopic (exact) mass is 279 g/mol. The number of nitrogens with zero attached hydrogens (tertiary/aromatic N) is 2. The highest BCUT2D eigenvalue weighted by molar-refractivity contribution is 7.11. The van der Waals surface area contributed by atoms with Crippen molar-refractivity contribution in [3.05, 3.63) is 10.0 Å². The molecule has 1 aromatic heterocycles. The van der Waals surface area contributed by atoms with Gasteiger partial charge in [-0.15, -0.1) is 21.5 Å². The number of nitrogens with one attached hydrogen (secondary N) is 1. The maximum Gasteiger partial charge on any atom is 0.120 e. The molecule has 2 aliphatic rings. The van der Waals surface area contributed by atoms with E-state index in [2.05, 4.69) is 15.5 Å². The average Bonchev–Trinajstić information content (AvgIpc) is 3.07. The molecule has 0 saturated heterocycles. The second-order valence-corrected chi connectivity index (χ2v) is 7.15. The molecule has 0 spiro atoms. The summed E-state index contributed by atoms with van der Waals surface area (Å²) >= 11 is 1.87. The molecule has 0 bridgehead atoms. The van der Waals surface area contributed by atoms with E-state index < -0.39 is 0 Å². The van der Waals surface area contributed by atoms with Crippen molar-refractivity contribution >= 4 is 11.3 Å². The fraction of sp³-hybridized carbons (Fsp3) is 0.867. The molecule has 4 heteroatoms. The second-order valence-electron chi connectivity index (χ2n) is 6.05. The minimum absolute atomic E-state index is 0.697. The molecule has 0 aliphatic heterocycles. The average molecular weight is 279 g/mol.